The van der Waals surface area contributed by atoms with Gasteiger partial charge in [-0.3, -0.25) is 14.8 Å². The summed E-state index contributed by atoms with van der Waals surface area (Å²) in [6.07, 6.45) is 0.752. The number of hydrogen-bond donors (Lipinski definition) is 2. The van der Waals surface area contributed by atoms with Gasteiger partial charge in [-0.05, 0) is 37.6 Å². The Bertz CT molecular complexity index is 673. The van der Waals surface area contributed by atoms with Crippen LogP contribution in [-0.4, -0.2) is 57.3 Å². The van der Waals surface area contributed by atoms with Crippen molar-refractivity contribution >= 4 is 0 Å². The van der Waals surface area contributed by atoms with Crippen molar-refractivity contribution < 1.29 is 14.6 Å². The van der Waals surface area contributed by atoms with E-state index in [1.807, 2.05) is 31.2 Å². The Morgan fingerprint density at radius 1 is 1.12 bits per heavy atom. The van der Waals surface area contributed by atoms with E-state index in [9.17, 15) is 5.11 Å². The van der Waals surface area contributed by atoms with Crippen LogP contribution >= 0.6 is 0 Å². The first-order valence-corrected chi connectivity index (χ1v) is 8.86. The highest BCUT2D eigenvalue weighted by Crippen LogP contribution is 2.19. The van der Waals surface area contributed by atoms with E-state index >= 15 is 0 Å². The minimum absolute atomic E-state index is 0.0651. The first-order valence-electron chi connectivity index (χ1n) is 8.86. The van der Waals surface area contributed by atoms with Crippen LogP contribution in [0.3, 0.4) is 0 Å². The zero-order chi connectivity index (χ0) is 17.6. The molecular formula is C19H27N3O3. The van der Waals surface area contributed by atoms with Crippen LogP contribution in [0.5, 0.6) is 0 Å². The Balaban J connectivity index is 1.61. The third kappa shape index (κ3) is 4.89. The van der Waals surface area contributed by atoms with Crippen molar-refractivity contribution in [3.8, 4) is 0 Å². The van der Waals surface area contributed by atoms with E-state index < -0.39 is 0 Å². The second kappa shape index (κ2) is 8.58. The summed E-state index contributed by atoms with van der Waals surface area (Å²) in [5.74, 6) is 1.48. The summed E-state index contributed by atoms with van der Waals surface area (Å²) in [5, 5.41) is 18.6. The standard InChI is InChI=1S/C19H27N3O3/c1-15-3-2-4-16(20-15)11-22-9-8-21(12-17(22)7-10-23)13-18-5-6-19(14-24)25-18/h2-6,17,23-24H,7-14H2,1H3/t17-/m0/s1. The fourth-order valence-corrected chi connectivity index (χ4v) is 3.44. The van der Waals surface area contributed by atoms with Gasteiger partial charge >= 0.3 is 0 Å². The van der Waals surface area contributed by atoms with E-state index in [-0.39, 0.29) is 13.2 Å². The summed E-state index contributed by atoms with van der Waals surface area (Å²) in [6.45, 7) is 6.46. The van der Waals surface area contributed by atoms with Crippen molar-refractivity contribution in [2.45, 2.75) is 39.1 Å². The first kappa shape index (κ1) is 18.1. The lowest BCUT2D eigenvalue weighted by Gasteiger charge is -2.41. The molecular weight excluding hydrogens is 318 g/mol. The van der Waals surface area contributed by atoms with Crippen LogP contribution in [0.15, 0.2) is 34.7 Å². The van der Waals surface area contributed by atoms with E-state index in [0.717, 1.165) is 56.3 Å². The number of aromatic nitrogens is 1. The zero-order valence-electron chi connectivity index (χ0n) is 14.8. The Hall–Kier alpha value is -1.73. The summed E-state index contributed by atoms with van der Waals surface area (Å²) < 4.78 is 5.60. The van der Waals surface area contributed by atoms with Crippen molar-refractivity contribution in [1.29, 1.82) is 0 Å². The molecule has 136 valence electrons. The molecule has 1 aliphatic rings. The van der Waals surface area contributed by atoms with E-state index in [1.165, 1.54) is 0 Å². The third-order valence-corrected chi connectivity index (χ3v) is 4.71. The minimum atomic E-state index is -0.0651. The van der Waals surface area contributed by atoms with Gasteiger partial charge < -0.3 is 14.6 Å². The normalized spacial score (nSPS) is 19.4. The number of aliphatic hydroxyl groups is 2. The molecule has 2 aromatic heterocycles. The van der Waals surface area contributed by atoms with Crippen LogP contribution in [0.4, 0.5) is 0 Å². The Morgan fingerprint density at radius 2 is 1.96 bits per heavy atom. The minimum Gasteiger partial charge on any atom is -0.462 e. The van der Waals surface area contributed by atoms with Crippen molar-refractivity contribution in [2.75, 3.05) is 26.2 Å². The molecule has 3 rings (SSSR count). The summed E-state index contributed by atoms with van der Waals surface area (Å²) in [7, 11) is 0. The molecule has 6 nitrogen and oxygen atoms in total. The van der Waals surface area contributed by atoms with Crippen LogP contribution in [-0.2, 0) is 19.7 Å². The van der Waals surface area contributed by atoms with E-state index in [2.05, 4.69) is 20.9 Å². The van der Waals surface area contributed by atoms with Gasteiger partial charge in [0, 0.05) is 44.5 Å². The fraction of sp³-hybridized carbons (Fsp3) is 0.526. The maximum Gasteiger partial charge on any atom is 0.129 e. The van der Waals surface area contributed by atoms with Crippen molar-refractivity contribution in [1.82, 2.24) is 14.8 Å². The number of aliphatic hydroxyl groups excluding tert-OH is 2. The molecule has 1 atom stereocenters. The van der Waals surface area contributed by atoms with Crippen LogP contribution in [0.1, 0.15) is 29.3 Å². The monoisotopic (exact) mass is 345 g/mol. The molecule has 0 unspecified atom stereocenters. The number of piperazine rings is 1. The first-order chi connectivity index (χ1) is 12.2. The van der Waals surface area contributed by atoms with Gasteiger partial charge in [-0.1, -0.05) is 6.07 Å². The lowest BCUT2D eigenvalue weighted by molar-refractivity contribution is 0.0456. The fourth-order valence-electron chi connectivity index (χ4n) is 3.44. The molecule has 1 aliphatic heterocycles. The molecule has 0 radical (unpaired) electrons. The van der Waals surface area contributed by atoms with Crippen molar-refractivity contribution in [3.63, 3.8) is 0 Å². The summed E-state index contributed by atoms with van der Waals surface area (Å²) in [5.41, 5.74) is 2.11. The van der Waals surface area contributed by atoms with Gasteiger partial charge in [0.25, 0.3) is 0 Å². The largest absolute Gasteiger partial charge is 0.462 e. The summed E-state index contributed by atoms with van der Waals surface area (Å²) in [6, 6.07) is 10.2. The maximum atomic E-state index is 9.45. The SMILES string of the molecule is Cc1cccc(CN2CCN(Cc3ccc(CO)o3)C[C@@H]2CCO)n1. The highest BCUT2D eigenvalue weighted by atomic mass is 16.4. The van der Waals surface area contributed by atoms with Crippen molar-refractivity contribution in [3.05, 3.63) is 53.2 Å². The van der Waals surface area contributed by atoms with E-state index in [1.54, 1.807) is 0 Å². The molecule has 2 aromatic rings. The average Bonchev–Trinajstić information content (AvgIpc) is 3.05. The predicted octanol–water partition coefficient (Wildman–Crippen LogP) is 1.54. The number of hydrogen-bond acceptors (Lipinski definition) is 6. The zero-order valence-corrected chi connectivity index (χ0v) is 14.8. The molecule has 0 saturated carbocycles. The average molecular weight is 345 g/mol. The van der Waals surface area contributed by atoms with Gasteiger partial charge in [-0.25, -0.2) is 0 Å². The molecule has 0 bridgehead atoms. The van der Waals surface area contributed by atoms with Crippen LogP contribution in [0.2, 0.25) is 0 Å². The van der Waals surface area contributed by atoms with E-state index in [4.69, 9.17) is 9.52 Å². The van der Waals surface area contributed by atoms with Crippen molar-refractivity contribution in [2.24, 2.45) is 0 Å². The highest BCUT2D eigenvalue weighted by molar-refractivity contribution is 5.10. The molecule has 25 heavy (non-hydrogen) atoms. The quantitative estimate of drug-likeness (QED) is 0.793. The number of aryl methyl sites for hydroxylation is 1. The third-order valence-electron chi connectivity index (χ3n) is 4.71. The second-order valence-corrected chi connectivity index (χ2v) is 6.67. The molecule has 3 heterocycles. The van der Waals surface area contributed by atoms with Gasteiger partial charge in [0.2, 0.25) is 0 Å². The molecule has 1 saturated heterocycles. The number of pyridine rings is 1. The summed E-state index contributed by atoms with van der Waals surface area (Å²) >= 11 is 0. The summed E-state index contributed by atoms with van der Waals surface area (Å²) in [4.78, 5) is 9.36. The van der Waals surface area contributed by atoms with Crippen LogP contribution in [0.25, 0.3) is 0 Å². The highest BCUT2D eigenvalue weighted by Gasteiger charge is 2.27. The van der Waals surface area contributed by atoms with Crippen LogP contribution < -0.4 is 0 Å². The van der Waals surface area contributed by atoms with Crippen LogP contribution in [0, 0.1) is 6.92 Å². The van der Waals surface area contributed by atoms with Gasteiger partial charge in [-0.2, -0.15) is 0 Å². The smallest absolute Gasteiger partial charge is 0.129 e. The molecule has 1 fully saturated rings. The van der Waals surface area contributed by atoms with Gasteiger partial charge in [-0.15, -0.1) is 0 Å². The van der Waals surface area contributed by atoms with Gasteiger partial charge in [0.1, 0.15) is 18.1 Å². The number of nitrogens with zero attached hydrogens (tertiary/aromatic N) is 3. The van der Waals surface area contributed by atoms with Gasteiger partial charge in [0.05, 0.1) is 12.2 Å². The lowest BCUT2D eigenvalue weighted by atomic mass is 10.1. The predicted molar refractivity (Wildman–Crippen MR) is 94.8 cm³/mol. The molecule has 0 aliphatic carbocycles. The van der Waals surface area contributed by atoms with Gasteiger partial charge in [0.15, 0.2) is 0 Å². The molecule has 0 amide bonds. The Labute approximate surface area is 148 Å². The van der Waals surface area contributed by atoms with E-state index in [0.29, 0.717) is 11.8 Å². The number of furan rings is 1. The Kier molecular flexibility index (Phi) is 6.20. The molecule has 2 N–H and O–H groups in total. The Morgan fingerprint density at radius 3 is 2.68 bits per heavy atom. The molecule has 6 heteroatoms. The number of rotatable bonds is 7. The topological polar surface area (TPSA) is 73.0 Å². The molecule has 0 spiro atoms. The molecule has 0 aromatic carbocycles. The second-order valence-electron chi connectivity index (χ2n) is 6.67. The maximum absolute atomic E-state index is 9.45. The lowest BCUT2D eigenvalue weighted by Crippen LogP contribution is -2.52.